The number of hydrogen-bond acceptors (Lipinski definition) is 4. The van der Waals surface area contributed by atoms with Gasteiger partial charge in [-0.2, -0.15) is 0 Å². The predicted molar refractivity (Wildman–Crippen MR) is 102 cm³/mol. The molecule has 0 unspecified atom stereocenters. The first-order chi connectivity index (χ1) is 13.2. The number of carbonyl (C=O) groups is 1. The fraction of sp³-hybridized carbons (Fsp3) is 0.409. The zero-order valence-electron chi connectivity index (χ0n) is 15.4. The Hall–Kier alpha value is -2.53. The average molecular weight is 367 g/mol. The van der Waals surface area contributed by atoms with E-state index in [1.165, 1.54) is 0 Å². The lowest BCUT2D eigenvalue weighted by Crippen LogP contribution is -2.35. The molecule has 4 rings (SSSR count). The number of hydrogen-bond donors (Lipinski definition) is 0. The summed E-state index contributed by atoms with van der Waals surface area (Å²) >= 11 is 0. The zero-order valence-corrected chi connectivity index (χ0v) is 15.4. The van der Waals surface area contributed by atoms with Gasteiger partial charge in [0.05, 0.1) is 6.61 Å². The molecule has 1 spiro atoms. The lowest BCUT2D eigenvalue weighted by atomic mass is 9.87. The highest BCUT2D eigenvalue weighted by atomic mass is 16.5. The SMILES string of the molecule is O=C(COc1ccc(OCc2ccccc2)cc1)N1CC[C@@]2(CCOC2)C1. The predicted octanol–water partition coefficient (Wildman–Crippen LogP) is 3.28. The molecule has 0 aliphatic carbocycles. The average Bonchev–Trinajstić information content (AvgIpc) is 3.36. The molecule has 2 heterocycles. The first-order valence-corrected chi connectivity index (χ1v) is 9.48. The van der Waals surface area contributed by atoms with Crippen molar-refractivity contribution in [3.63, 3.8) is 0 Å². The highest BCUT2D eigenvalue weighted by Gasteiger charge is 2.42. The Kier molecular flexibility index (Phi) is 5.30. The van der Waals surface area contributed by atoms with Crippen LogP contribution in [0.25, 0.3) is 0 Å². The van der Waals surface area contributed by atoms with E-state index in [1.807, 2.05) is 59.5 Å². The van der Waals surface area contributed by atoms with Crippen LogP contribution in [0.4, 0.5) is 0 Å². The highest BCUT2D eigenvalue weighted by Crippen LogP contribution is 2.38. The smallest absolute Gasteiger partial charge is 0.260 e. The van der Waals surface area contributed by atoms with E-state index in [4.69, 9.17) is 14.2 Å². The molecule has 0 aromatic heterocycles. The molecule has 1 amide bonds. The first kappa shape index (κ1) is 17.9. The van der Waals surface area contributed by atoms with Crippen molar-refractivity contribution in [1.29, 1.82) is 0 Å². The molecule has 27 heavy (non-hydrogen) atoms. The van der Waals surface area contributed by atoms with Crippen molar-refractivity contribution < 1.29 is 19.0 Å². The van der Waals surface area contributed by atoms with Gasteiger partial charge in [0.2, 0.25) is 0 Å². The molecule has 0 saturated carbocycles. The van der Waals surface area contributed by atoms with Crippen molar-refractivity contribution >= 4 is 5.91 Å². The zero-order chi connectivity index (χ0) is 18.5. The van der Waals surface area contributed by atoms with Gasteiger partial charge in [-0.15, -0.1) is 0 Å². The Labute approximate surface area is 159 Å². The summed E-state index contributed by atoms with van der Waals surface area (Å²) in [5, 5.41) is 0. The van der Waals surface area contributed by atoms with Crippen LogP contribution >= 0.6 is 0 Å². The summed E-state index contributed by atoms with van der Waals surface area (Å²) in [5.74, 6) is 1.50. The number of amides is 1. The topological polar surface area (TPSA) is 48.0 Å². The Bertz CT molecular complexity index is 754. The van der Waals surface area contributed by atoms with Crippen LogP contribution in [-0.4, -0.2) is 43.7 Å². The largest absolute Gasteiger partial charge is 0.489 e. The molecule has 0 bridgehead atoms. The van der Waals surface area contributed by atoms with E-state index in [0.29, 0.717) is 12.4 Å². The van der Waals surface area contributed by atoms with Gasteiger partial charge >= 0.3 is 0 Å². The fourth-order valence-electron chi connectivity index (χ4n) is 3.73. The van der Waals surface area contributed by atoms with Crippen molar-refractivity contribution in [3.8, 4) is 11.5 Å². The Morgan fingerprint density at radius 3 is 2.44 bits per heavy atom. The van der Waals surface area contributed by atoms with Crippen LogP contribution < -0.4 is 9.47 Å². The van der Waals surface area contributed by atoms with Gasteiger partial charge in [-0.05, 0) is 42.7 Å². The van der Waals surface area contributed by atoms with Gasteiger partial charge in [-0.25, -0.2) is 0 Å². The summed E-state index contributed by atoms with van der Waals surface area (Å²) in [5.41, 5.74) is 1.31. The second kappa shape index (κ2) is 8.01. The number of likely N-dealkylation sites (tertiary alicyclic amines) is 1. The van der Waals surface area contributed by atoms with Crippen molar-refractivity contribution in [2.75, 3.05) is 32.9 Å². The number of rotatable bonds is 6. The lowest BCUT2D eigenvalue weighted by molar-refractivity contribution is -0.132. The third kappa shape index (κ3) is 4.42. The molecule has 2 fully saturated rings. The molecule has 0 radical (unpaired) electrons. The van der Waals surface area contributed by atoms with Crippen molar-refractivity contribution in [2.45, 2.75) is 19.4 Å². The van der Waals surface area contributed by atoms with Crippen LogP contribution in [0.1, 0.15) is 18.4 Å². The Balaban J connectivity index is 1.23. The van der Waals surface area contributed by atoms with E-state index in [0.717, 1.165) is 50.5 Å². The summed E-state index contributed by atoms with van der Waals surface area (Å²) in [7, 11) is 0. The monoisotopic (exact) mass is 367 g/mol. The molecule has 0 N–H and O–H groups in total. The van der Waals surface area contributed by atoms with Crippen LogP contribution in [0, 0.1) is 5.41 Å². The van der Waals surface area contributed by atoms with E-state index >= 15 is 0 Å². The van der Waals surface area contributed by atoms with Crippen LogP contribution in [-0.2, 0) is 16.1 Å². The summed E-state index contributed by atoms with van der Waals surface area (Å²) in [6.45, 7) is 3.79. The van der Waals surface area contributed by atoms with E-state index in [1.54, 1.807) is 0 Å². The normalized spacial score (nSPS) is 21.6. The Morgan fingerprint density at radius 1 is 1.00 bits per heavy atom. The molecule has 1 atom stereocenters. The third-order valence-corrected chi connectivity index (χ3v) is 5.41. The highest BCUT2D eigenvalue weighted by molar-refractivity contribution is 5.78. The minimum atomic E-state index is 0.0446. The van der Waals surface area contributed by atoms with Crippen molar-refractivity contribution in [1.82, 2.24) is 4.90 Å². The van der Waals surface area contributed by atoms with Crippen LogP contribution in [0.2, 0.25) is 0 Å². The lowest BCUT2D eigenvalue weighted by Gasteiger charge is -2.22. The van der Waals surface area contributed by atoms with Gasteiger partial charge in [0.1, 0.15) is 18.1 Å². The minimum Gasteiger partial charge on any atom is -0.489 e. The summed E-state index contributed by atoms with van der Waals surface area (Å²) in [6.07, 6.45) is 2.09. The maximum atomic E-state index is 12.4. The molecule has 2 aromatic rings. The van der Waals surface area contributed by atoms with E-state index in [9.17, 15) is 4.79 Å². The van der Waals surface area contributed by atoms with Gasteiger partial charge in [0.15, 0.2) is 6.61 Å². The maximum Gasteiger partial charge on any atom is 0.260 e. The Morgan fingerprint density at radius 2 is 1.74 bits per heavy atom. The van der Waals surface area contributed by atoms with E-state index in [-0.39, 0.29) is 17.9 Å². The standard InChI is InChI=1S/C22H25NO4/c24-21(23-12-10-22(16-23)11-13-25-17-22)15-27-20-8-6-19(7-9-20)26-14-18-4-2-1-3-5-18/h1-9H,10-17H2/t22-/m1/s1. The van der Waals surface area contributed by atoms with Crippen molar-refractivity contribution in [2.24, 2.45) is 5.41 Å². The van der Waals surface area contributed by atoms with E-state index < -0.39 is 0 Å². The van der Waals surface area contributed by atoms with Gasteiger partial charge in [0.25, 0.3) is 5.91 Å². The second-order valence-electron chi connectivity index (χ2n) is 7.40. The van der Waals surface area contributed by atoms with Gasteiger partial charge < -0.3 is 19.1 Å². The number of carbonyl (C=O) groups excluding carboxylic acids is 1. The quantitative estimate of drug-likeness (QED) is 0.786. The molecule has 2 aromatic carbocycles. The molecule has 142 valence electrons. The number of nitrogens with zero attached hydrogens (tertiary/aromatic N) is 1. The molecule has 2 saturated heterocycles. The number of benzene rings is 2. The number of ether oxygens (including phenoxy) is 3. The summed E-state index contributed by atoms with van der Waals surface area (Å²) in [4.78, 5) is 14.3. The first-order valence-electron chi connectivity index (χ1n) is 9.48. The van der Waals surface area contributed by atoms with Gasteiger partial charge in [0, 0.05) is 25.1 Å². The minimum absolute atomic E-state index is 0.0446. The molecule has 2 aliphatic heterocycles. The maximum absolute atomic E-state index is 12.4. The van der Waals surface area contributed by atoms with Gasteiger partial charge in [-0.3, -0.25) is 4.79 Å². The molecular weight excluding hydrogens is 342 g/mol. The van der Waals surface area contributed by atoms with Gasteiger partial charge in [-0.1, -0.05) is 30.3 Å². The third-order valence-electron chi connectivity index (χ3n) is 5.41. The molecule has 2 aliphatic rings. The van der Waals surface area contributed by atoms with Crippen LogP contribution in [0.3, 0.4) is 0 Å². The van der Waals surface area contributed by atoms with E-state index in [2.05, 4.69) is 0 Å². The molecule has 5 nitrogen and oxygen atoms in total. The summed E-state index contributed by atoms with van der Waals surface area (Å²) in [6, 6.07) is 17.4. The molecular formula is C22H25NO4. The molecule has 5 heteroatoms. The fourth-order valence-corrected chi connectivity index (χ4v) is 3.73. The van der Waals surface area contributed by atoms with Crippen molar-refractivity contribution in [3.05, 3.63) is 60.2 Å². The van der Waals surface area contributed by atoms with Crippen LogP contribution in [0.5, 0.6) is 11.5 Å². The van der Waals surface area contributed by atoms with Crippen LogP contribution in [0.15, 0.2) is 54.6 Å². The summed E-state index contributed by atoms with van der Waals surface area (Å²) < 4.78 is 17.0. The second-order valence-corrected chi connectivity index (χ2v) is 7.40.